The summed E-state index contributed by atoms with van der Waals surface area (Å²) in [6.45, 7) is 0. The minimum atomic E-state index is -1.04. The predicted molar refractivity (Wildman–Crippen MR) is 104 cm³/mol. The van der Waals surface area contributed by atoms with Crippen molar-refractivity contribution in [1.82, 2.24) is 10.4 Å². The average Bonchev–Trinajstić information content (AvgIpc) is 2.89. The Bertz CT molecular complexity index is 986. The molecule has 0 saturated carbocycles. The quantitative estimate of drug-likeness (QED) is 0.535. The molecule has 2 aromatic rings. The SMILES string of the molecule is O=C(O)c1ccc(/C=C2/SC(=S)N(NC(=O)c3cccc(O)c3)C2=O)cc1. The van der Waals surface area contributed by atoms with Crippen LogP contribution in [0.15, 0.2) is 53.4 Å². The molecule has 3 rings (SSSR count). The third-order valence-corrected chi connectivity index (χ3v) is 4.87. The Balaban J connectivity index is 1.76. The average molecular weight is 400 g/mol. The van der Waals surface area contributed by atoms with E-state index in [-0.39, 0.29) is 21.2 Å². The van der Waals surface area contributed by atoms with Gasteiger partial charge in [0.25, 0.3) is 11.8 Å². The summed E-state index contributed by atoms with van der Waals surface area (Å²) >= 11 is 6.16. The Morgan fingerprint density at radius 3 is 2.44 bits per heavy atom. The topological polar surface area (TPSA) is 107 Å². The monoisotopic (exact) mass is 400 g/mol. The number of hydrazine groups is 1. The number of aromatic hydroxyl groups is 1. The summed E-state index contributed by atoms with van der Waals surface area (Å²) in [5.41, 5.74) is 3.35. The molecule has 0 aliphatic carbocycles. The molecule has 27 heavy (non-hydrogen) atoms. The molecule has 1 heterocycles. The molecule has 1 saturated heterocycles. The molecule has 0 unspecified atom stereocenters. The van der Waals surface area contributed by atoms with Gasteiger partial charge < -0.3 is 10.2 Å². The van der Waals surface area contributed by atoms with Crippen molar-refractivity contribution in [2.45, 2.75) is 0 Å². The lowest BCUT2D eigenvalue weighted by atomic mass is 10.1. The van der Waals surface area contributed by atoms with Crippen LogP contribution in [-0.2, 0) is 4.79 Å². The molecule has 9 heteroatoms. The standard InChI is InChI=1S/C18H12N2O5S2/c21-13-3-1-2-12(9-13)15(22)19-20-16(23)14(27-18(20)26)8-10-4-6-11(7-5-10)17(24)25/h1-9,21H,(H,19,22)(H,24,25)/b14-8+. The molecule has 0 radical (unpaired) electrons. The number of thiocarbonyl (C=S) groups is 1. The van der Waals surface area contributed by atoms with Gasteiger partial charge in [0.1, 0.15) is 5.75 Å². The number of carbonyl (C=O) groups is 3. The van der Waals surface area contributed by atoms with E-state index in [4.69, 9.17) is 17.3 Å². The summed E-state index contributed by atoms with van der Waals surface area (Å²) in [6.07, 6.45) is 1.56. The molecule has 7 nitrogen and oxygen atoms in total. The summed E-state index contributed by atoms with van der Waals surface area (Å²) in [5, 5.41) is 19.3. The highest BCUT2D eigenvalue weighted by atomic mass is 32.2. The van der Waals surface area contributed by atoms with Gasteiger partial charge >= 0.3 is 5.97 Å². The number of carboxylic acid groups (broad SMARTS) is 1. The normalized spacial score (nSPS) is 15.3. The van der Waals surface area contributed by atoms with Crippen molar-refractivity contribution >= 4 is 52.2 Å². The van der Waals surface area contributed by atoms with Crippen LogP contribution in [0.25, 0.3) is 6.08 Å². The number of aromatic carboxylic acids is 1. The van der Waals surface area contributed by atoms with Gasteiger partial charge in [-0.3, -0.25) is 15.0 Å². The van der Waals surface area contributed by atoms with E-state index < -0.39 is 17.8 Å². The van der Waals surface area contributed by atoms with E-state index in [9.17, 15) is 19.5 Å². The second kappa shape index (κ2) is 7.60. The number of rotatable bonds is 4. The van der Waals surface area contributed by atoms with E-state index in [1.54, 1.807) is 18.2 Å². The Labute approximate surface area is 163 Å². The zero-order chi connectivity index (χ0) is 19.6. The first-order valence-electron chi connectivity index (χ1n) is 7.56. The Morgan fingerprint density at radius 1 is 1.11 bits per heavy atom. The van der Waals surface area contributed by atoms with E-state index in [0.29, 0.717) is 10.5 Å². The van der Waals surface area contributed by atoms with Gasteiger partial charge in [-0.15, -0.1) is 0 Å². The Kier molecular flexibility index (Phi) is 5.24. The van der Waals surface area contributed by atoms with E-state index in [0.717, 1.165) is 16.8 Å². The van der Waals surface area contributed by atoms with Crippen molar-refractivity contribution in [3.05, 3.63) is 70.1 Å². The van der Waals surface area contributed by atoms with Crippen molar-refractivity contribution in [3.8, 4) is 5.75 Å². The van der Waals surface area contributed by atoms with Crippen LogP contribution in [0.1, 0.15) is 26.3 Å². The van der Waals surface area contributed by atoms with Crippen molar-refractivity contribution < 1.29 is 24.6 Å². The van der Waals surface area contributed by atoms with Crippen molar-refractivity contribution in [2.24, 2.45) is 0 Å². The molecule has 1 aliphatic heterocycles. The maximum absolute atomic E-state index is 12.5. The number of carboxylic acids is 1. The Hall–Kier alpha value is -3.17. The molecule has 1 aliphatic rings. The third-order valence-electron chi connectivity index (χ3n) is 3.57. The molecular weight excluding hydrogens is 388 g/mol. The van der Waals surface area contributed by atoms with E-state index in [1.165, 1.54) is 36.4 Å². The summed E-state index contributed by atoms with van der Waals surface area (Å²) < 4.78 is 0.155. The van der Waals surface area contributed by atoms with Gasteiger partial charge in [-0.1, -0.05) is 30.0 Å². The van der Waals surface area contributed by atoms with Gasteiger partial charge in [0.05, 0.1) is 10.5 Å². The number of phenols is 1. The maximum Gasteiger partial charge on any atom is 0.335 e. The van der Waals surface area contributed by atoms with Gasteiger partial charge in [0.2, 0.25) is 0 Å². The van der Waals surface area contributed by atoms with Gasteiger partial charge in [-0.2, -0.15) is 5.01 Å². The number of phenolic OH excluding ortho intramolecular Hbond substituents is 1. The predicted octanol–water partition coefficient (Wildman–Crippen LogP) is 2.64. The lowest BCUT2D eigenvalue weighted by Gasteiger charge is -2.15. The van der Waals surface area contributed by atoms with Gasteiger partial charge in [0.15, 0.2) is 4.32 Å². The van der Waals surface area contributed by atoms with Crippen LogP contribution in [0.4, 0.5) is 0 Å². The summed E-state index contributed by atoms with van der Waals surface area (Å²) in [5.74, 6) is -2.20. The summed E-state index contributed by atoms with van der Waals surface area (Å²) in [4.78, 5) is 35.9. The van der Waals surface area contributed by atoms with E-state index in [2.05, 4.69) is 5.43 Å². The number of amides is 2. The third kappa shape index (κ3) is 4.15. The minimum absolute atomic E-state index is 0.0715. The zero-order valence-corrected chi connectivity index (χ0v) is 15.2. The van der Waals surface area contributed by atoms with E-state index in [1.807, 2.05) is 0 Å². The second-order valence-electron chi connectivity index (χ2n) is 5.44. The number of nitrogens with one attached hydrogen (secondary N) is 1. The number of hydrogen-bond acceptors (Lipinski definition) is 6. The molecule has 0 spiro atoms. The van der Waals surface area contributed by atoms with Gasteiger partial charge in [0, 0.05) is 5.56 Å². The maximum atomic E-state index is 12.5. The first-order chi connectivity index (χ1) is 12.8. The Morgan fingerprint density at radius 2 is 1.81 bits per heavy atom. The molecule has 3 N–H and O–H groups in total. The van der Waals surface area contributed by atoms with E-state index >= 15 is 0 Å². The molecule has 0 aromatic heterocycles. The molecule has 0 atom stereocenters. The molecule has 1 fully saturated rings. The molecule has 2 aromatic carbocycles. The molecule has 2 amide bonds. The van der Waals surface area contributed by atoms with Crippen LogP contribution in [0, 0.1) is 0 Å². The largest absolute Gasteiger partial charge is 0.508 e. The second-order valence-corrected chi connectivity index (χ2v) is 7.11. The van der Waals surface area contributed by atoms with Crippen LogP contribution in [0.5, 0.6) is 5.75 Å². The number of carbonyl (C=O) groups excluding carboxylic acids is 2. The first-order valence-corrected chi connectivity index (χ1v) is 8.79. The van der Waals surface area contributed by atoms with Crippen molar-refractivity contribution in [1.29, 1.82) is 0 Å². The summed E-state index contributed by atoms with van der Waals surface area (Å²) in [7, 11) is 0. The highest BCUT2D eigenvalue weighted by molar-refractivity contribution is 8.26. The molecule has 136 valence electrons. The lowest BCUT2D eigenvalue weighted by molar-refractivity contribution is -0.123. The van der Waals surface area contributed by atoms with Crippen LogP contribution < -0.4 is 5.43 Å². The number of nitrogens with zero attached hydrogens (tertiary/aromatic N) is 1. The van der Waals surface area contributed by atoms with Crippen molar-refractivity contribution in [2.75, 3.05) is 0 Å². The van der Waals surface area contributed by atoms with Crippen LogP contribution in [-0.4, -0.2) is 37.3 Å². The van der Waals surface area contributed by atoms with Crippen LogP contribution >= 0.6 is 24.0 Å². The van der Waals surface area contributed by atoms with Gasteiger partial charge in [-0.25, -0.2) is 4.79 Å². The molecule has 0 bridgehead atoms. The number of benzene rings is 2. The number of thioether (sulfide) groups is 1. The fourth-order valence-corrected chi connectivity index (χ4v) is 3.43. The minimum Gasteiger partial charge on any atom is -0.508 e. The first kappa shape index (κ1) is 18.6. The highest BCUT2D eigenvalue weighted by Gasteiger charge is 2.33. The lowest BCUT2D eigenvalue weighted by Crippen LogP contribution is -2.44. The number of hydrogen-bond donors (Lipinski definition) is 3. The molecular formula is C18H12N2O5S2. The smallest absolute Gasteiger partial charge is 0.335 e. The van der Waals surface area contributed by atoms with Crippen LogP contribution in [0.3, 0.4) is 0 Å². The highest BCUT2D eigenvalue weighted by Crippen LogP contribution is 2.31. The van der Waals surface area contributed by atoms with Crippen LogP contribution in [0.2, 0.25) is 0 Å². The fourth-order valence-electron chi connectivity index (χ4n) is 2.25. The van der Waals surface area contributed by atoms with Crippen molar-refractivity contribution in [3.63, 3.8) is 0 Å². The van der Waals surface area contributed by atoms with Gasteiger partial charge in [-0.05, 0) is 54.2 Å². The fraction of sp³-hybridized carbons (Fsp3) is 0. The summed E-state index contributed by atoms with van der Waals surface area (Å²) in [6, 6.07) is 11.7. The zero-order valence-electron chi connectivity index (χ0n) is 13.6.